The molecule has 21 heavy (non-hydrogen) atoms. The third-order valence-corrected chi connectivity index (χ3v) is 3.59. The molecule has 1 aliphatic rings. The second-order valence-electron chi connectivity index (χ2n) is 5.23. The second-order valence-corrected chi connectivity index (χ2v) is 5.23. The highest BCUT2D eigenvalue weighted by molar-refractivity contribution is 5.94. The molecule has 1 aromatic rings. The van der Waals surface area contributed by atoms with E-state index in [9.17, 15) is 9.59 Å². The third kappa shape index (κ3) is 4.51. The second kappa shape index (κ2) is 7.14. The number of nitrogens with zero attached hydrogens (tertiary/aromatic N) is 2. The minimum absolute atomic E-state index is 0.111. The predicted octanol–water partition coefficient (Wildman–Crippen LogP) is -0.780. The van der Waals surface area contributed by atoms with E-state index in [1.54, 1.807) is 18.3 Å². The first-order valence-corrected chi connectivity index (χ1v) is 7.05. The number of aromatic nitrogens is 1. The number of piperidine rings is 1. The highest BCUT2D eigenvalue weighted by atomic mass is 16.2. The van der Waals surface area contributed by atoms with Crippen LogP contribution in [0.5, 0.6) is 0 Å². The van der Waals surface area contributed by atoms with E-state index in [0.29, 0.717) is 17.8 Å². The Hall–Kier alpha value is -1.99. The van der Waals surface area contributed by atoms with Crippen molar-refractivity contribution < 1.29 is 9.59 Å². The minimum Gasteiger partial charge on any atom is -0.369 e. The zero-order valence-corrected chi connectivity index (χ0v) is 11.9. The Morgan fingerprint density at radius 3 is 2.71 bits per heavy atom. The van der Waals surface area contributed by atoms with E-state index in [2.05, 4.69) is 10.3 Å². The summed E-state index contributed by atoms with van der Waals surface area (Å²) in [5, 5.41) is 3.01. The largest absolute Gasteiger partial charge is 0.369 e. The van der Waals surface area contributed by atoms with Crippen molar-refractivity contribution in [3.05, 3.63) is 29.6 Å². The monoisotopic (exact) mass is 291 g/mol. The van der Waals surface area contributed by atoms with Crippen LogP contribution in [-0.4, -0.2) is 47.4 Å². The molecule has 0 spiro atoms. The van der Waals surface area contributed by atoms with Crippen LogP contribution in [0.4, 0.5) is 0 Å². The Morgan fingerprint density at radius 2 is 2.10 bits per heavy atom. The standard InChI is InChI=1S/C14H21N5O2/c15-8-12-7-10(1-4-17-12)14(21)18-11-2-5-19(6-3-11)9-13(16)20/h1,4,7,11H,2-3,5-6,8-9,15H2,(H2,16,20)(H,18,21). The lowest BCUT2D eigenvalue weighted by molar-refractivity contribution is -0.119. The Labute approximate surface area is 123 Å². The smallest absolute Gasteiger partial charge is 0.251 e. The van der Waals surface area contributed by atoms with E-state index in [4.69, 9.17) is 11.5 Å². The van der Waals surface area contributed by atoms with Crippen molar-refractivity contribution in [2.45, 2.75) is 25.4 Å². The molecule has 5 N–H and O–H groups in total. The van der Waals surface area contributed by atoms with E-state index in [0.717, 1.165) is 25.9 Å². The molecule has 0 unspecified atom stereocenters. The van der Waals surface area contributed by atoms with Gasteiger partial charge in [-0.2, -0.15) is 0 Å². The summed E-state index contributed by atoms with van der Waals surface area (Å²) >= 11 is 0. The third-order valence-electron chi connectivity index (χ3n) is 3.59. The molecule has 1 aliphatic heterocycles. The molecule has 0 radical (unpaired) electrons. The van der Waals surface area contributed by atoms with Crippen molar-refractivity contribution >= 4 is 11.8 Å². The molecule has 0 bridgehead atoms. The lowest BCUT2D eigenvalue weighted by atomic mass is 10.0. The van der Waals surface area contributed by atoms with Crippen molar-refractivity contribution in [1.29, 1.82) is 0 Å². The van der Waals surface area contributed by atoms with Crippen molar-refractivity contribution in [3.63, 3.8) is 0 Å². The van der Waals surface area contributed by atoms with Crippen LogP contribution in [0, 0.1) is 0 Å². The average molecular weight is 291 g/mol. The van der Waals surface area contributed by atoms with Gasteiger partial charge in [0.05, 0.1) is 12.2 Å². The molecule has 0 saturated carbocycles. The first-order chi connectivity index (χ1) is 10.1. The maximum atomic E-state index is 12.2. The molecule has 0 aliphatic carbocycles. The Kier molecular flexibility index (Phi) is 5.24. The van der Waals surface area contributed by atoms with Crippen molar-refractivity contribution in [2.24, 2.45) is 11.5 Å². The van der Waals surface area contributed by atoms with Crippen LogP contribution in [-0.2, 0) is 11.3 Å². The van der Waals surface area contributed by atoms with E-state index in [1.165, 1.54) is 0 Å². The molecule has 0 aromatic carbocycles. The van der Waals surface area contributed by atoms with E-state index >= 15 is 0 Å². The molecular weight excluding hydrogens is 270 g/mol. The van der Waals surface area contributed by atoms with Crippen LogP contribution < -0.4 is 16.8 Å². The van der Waals surface area contributed by atoms with Gasteiger partial charge in [-0.15, -0.1) is 0 Å². The van der Waals surface area contributed by atoms with Crippen molar-refractivity contribution in [1.82, 2.24) is 15.2 Å². The molecule has 7 heteroatoms. The molecule has 1 fully saturated rings. The van der Waals surface area contributed by atoms with Gasteiger partial charge in [-0.05, 0) is 25.0 Å². The number of nitrogens with one attached hydrogen (secondary N) is 1. The van der Waals surface area contributed by atoms with Gasteiger partial charge >= 0.3 is 0 Å². The fraction of sp³-hybridized carbons (Fsp3) is 0.500. The van der Waals surface area contributed by atoms with Crippen molar-refractivity contribution in [2.75, 3.05) is 19.6 Å². The molecule has 0 atom stereocenters. The summed E-state index contributed by atoms with van der Waals surface area (Å²) in [5.74, 6) is -0.427. The number of nitrogens with two attached hydrogens (primary N) is 2. The van der Waals surface area contributed by atoms with Crippen LogP contribution in [0.25, 0.3) is 0 Å². The molecule has 2 heterocycles. The lowest BCUT2D eigenvalue weighted by Crippen LogP contribution is -2.46. The zero-order chi connectivity index (χ0) is 15.2. The lowest BCUT2D eigenvalue weighted by Gasteiger charge is -2.31. The summed E-state index contributed by atoms with van der Waals surface area (Å²) < 4.78 is 0. The van der Waals surface area contributed by atoms with Gasteiger partial charge in [0.25, 0.3) is 5.91 Å². The first kappa shape index (κ1) is 15.4. The normalized spacial score (nSPS) is 16.6. The van der Waals surface area contributed by atoms with E-state index < -0.39 is 0 Å². The summed E-state index contributed by atoms with van der Waals surface area (Å²) in [6, 6.07) is 3.50. The highest BCUT2D eigenvalue weighted by Gasteiger charge is 2.21. The Morgan fingerprint density at radius 1 is 1.38 bits per heavy atom. The molecule has 1 aromatic heterocycles. The van der Waals surface area contributed by atoms with Crippen molar-refractivity contribution in [3.8, 4) is 0 Å². The summed E-state index contributed by atoms with van der Waals surface area (Å²) in [5.41, 5.74) is 12.0. The van der Waals surface area contributed by atoms with Gasteiger partial charge < -0.3 is 16.8 Å². The van der Waals surface area contributed by atoms with Gasteiger partial charge in [-0.3, -0.25) is 19.5 Å². The molecular formula is C14H21N5O2. The Bertz CT molecular complexity index is 512. The van der Waals surface area contributed by atoms with Crippen LogP contribution in [0.2, 0.25) is 0 Å². The highest BCUT2D eigenvalue weighted by Crippen LogP contribution is 2.11. The van der Waals surface area contributed by atoms with E-state index in [1.807, 2.05) is 4.90 Å². The van der Waals surface area contributed by atoms with Gasteiger partial charge in [0.2, 0.25) is 5.91 Å². The van der Waals surface area contributed by atoms with Crippen LogP contribution in [0.3, 0.4) is 0 Å². The number of hydrogen-bond donors (Lipinski definition) is 3. The number of rotatable bonds is 5. The van der Waals surface area contributed by atoms with Crippen LogP contribution in [0.15, 0.2) is 18.3 Å². The topological polar surface area (TPSA) is 114 Å². The molecule has 7 nitrogen and oxygen atoms in total. The van der Waals surface area contributed by atoms with Gasteiger partial charge in [-0.25, -0.2) is 0 Å². The fourth-order valence-electron chi connectivity index (χ4n) is 2.46. The van der Waals surface area contributed by atoms with Gasteiger partial charge in [0.15, 0.2) is 0 Å². The number of carbonyl (C=O) groups excluding carboxylic acids is 2. The summed E-state index contributed by atoms with van der Waals surface area (Å²) in [4.78, 5) is 29.1. The van der Waals surface area contributed by atoms with Gasteiger partial charge in [0, 0.05) is 37.4 Å². The zero-order valence-electron chi connectivity index (χ0n) is 11.9. The summed E-state index contributed by atoms with van der Waals surface area (Å²) in [6.07, 6.45) is 3.22. The maximum absolute atomic E-state index is 12.2. The average Bonchev–Trinajstić information content (AvgIpc) is 2.49. The quantitative estimate of drug-likeness (QED) is 0.658. The van der Waals surface area contributed by atoms with Gasteiger partial charge in [0.1, 0.15) is 0 Å². The number of pyridine rings is 1. The van der Waals surface area contributed by atoms with Crippen LogP contribution in [0.1, 0.15) is 28.9 Å². The number of hydrogen-bond acceptors (Lipinski definition) is 5. The summed E-state index contributed by atoms with van der Waals surface area (Å²) in [7, 11) is 0. The number of likely N-dealkylation sites (tertiary alicyclic amines) is 1. The fourth-order valence-corrected chi connectivity index (χ4v) is 2.46. The molecule has 2 rings (SSSR count). The minimum atomic E-state index is -0.316. The number of carbonyl (C=O) groups is 2. The SMILES string of the molecule is NCc1cc(C(=O)NC2CCN(CC(N)=O)CC2)ccn1. The van der Waals surface area contributed by atoms with Gasteiger partial charge in [-0.1, -0.05) is 0 Å². The first-order valence-electron chi connectivity index (χ1n) is 7.05. The summed E-state index contributed by atoms with van der Waals surface area (Å²) in [6.45, 7) is 2.12. The molecule has 1 saturated heterocycles. The maximum Gasteiger partial charge on any atom is 0.251 e. The van der Waals surface area contributed by atoms with Crippen LogP contribution >= 0.6 is 0 Å². The molecule has 2 amide bonds. The number of amides is 2. The molecule has 114 valence electrons. The predicted molar refractivity (Wildman–Crippen MR) is 78.3 cm³/mol. The number of primary amides is 1. The Balaban J connectivity index is 1.85. The van der Waals surface area contributed by atoms with E-state index in [-0.39, 0.29) is 24.4 Å².